The van der Waals surface area contributed by atoms with E-state index in [2.05, 4.69) is 13.8 Å². The molecule has 0 aliphatic rings. The number of unbranched alkanes of at least 4 members (excludes halogenated alkanes) is 8. The zero-order valence-electron chi connectivity index (χ0n) is 15.4. The third-order valence-electron chi connectivity index (χ3n) is 3.85. The first-order valence-electron chi connectivity index (χ1n) is 9.45. The van der Waals surface area contributed by atoms with Crippen molar-refractivity contribution in [1.82, 2.24) is 0 Å². The smallest absolute Gasteiger partial charge is 0.317 e. The second kappa shape index (κ2) is 15.8. The van der Waals surface area contributed by atoms with Crippen LogP contribution in [-0.4, -0.2) is 24.6 Å². The van der Waals surface area contributed by atoms with Gasteiger partial charge in [-0.25, -0.2) is 0 Å². The molecule has 0 bridgehead atoms. The van der Waals surface area contributed by atoms with Crippen LogP contribution in [0.25, 0.3) is 0 Å². The molecule has 0 aliphatic carbocycles. The van der Waals surface area contributed by atoms with E-state index in [-0.39, 0.29) is 12.5 Å². The van der Waals surface area contributed by atoms with E-state index >= 15 is 0 Å². The highest BCUT2D eigenvalue weighted by Gasteiger charge is 2.14. The van der Waals surface area contributed by atoms with E-state index in [1.165, 1.54) is 32.1 Å². The fourth-order valence-electron chi connectivity index (χ4n) is 2.42. The summed E-state index contributed by atoms with van der Waals surface area (Å²) < 4.78 is 10.3. The van der Waals surface area contributed by atoms with Crippen LogP contribution >= 0.6 is 0 Å². The maximum absolute atomic E-state index is 11.6. The average molecular weight is 328 g/mol. The van der Waals surface area contributed by atoms with Crippen LogP contribution in [0.4, 0.5) is 0 Å². The van der Waals surface area contributed by atoms with E-state index in [1.54, 1.807) is 0 Å². The number of hydrogen-bond donors (Lipinski definition) is 0. The molecule has 0 aliphatic heterocycles. The van der Waals surface area contributed by atoms with Crippen molar-refractivity contribution in [2.45, 2.75) is 104 Å². The van der Waals surface area contributed by atoms with Crippen molar-refractivity contribution in [3.05, 3.63) is 0 Å². The predicted molar refractivity (Wildman–Crippen MR) is 93.3 cm³/mol. The maximum atomic E-state index is 11.6. The predicted octanol–water partition coefficient (Wildman–Crippen LogP) is 5.18. The summed E-state index contributed by atoms with van der Waals surface area (Å²) in [5, 5.41) is 0. The second-order valence-electron chi connectivity index (χ2n) is 6.31. The van der Waals surface area contributed by atoms with Gasteiger partial charge in [0.05, 0.1) is 12.7 Å². The number of carbonyl (C=O) groups excluding carboxylic acids is 2. The van der Waals surface area contributed by atoms with Crippen LogP contribution in [0.15, 0.2) is 0 Å². The molecule has 23 heavy (non-hydrogen) atoms. The van der Waals surface area contributed by atoms with Crippen molar-refractivity contribution in [3.8, 4) is 0 Å². The Labute approximate surface area is 142 Å². The molecule has 4 nitrogen and oxygen atoms in total. The molecule has 0 rings (SSSR count). The highest BCUT2D eigenvalue weighted by atomic mass is 16.6. The zero-order chi connectivity index (χ0) is 17.3. The topological polar surface area (TPSA) is 52.6 Å². The van der Waals surface area contributed by atoms with Crippen molar-refractivity contribution in [3.63, 3.8) is 0 Å². The zero-order valence-corrected chi connectivity index (χ0v) is 15.4. The average Bonchev–Trinajstić information content (AvgIpc) is 2.50. The van der Waals surface area contributed by atoms with E-state index in [4.69, 9.17) is 9.47 Å². The molecule has 0 aromatic rings. The van der Waals surface area contributed by atoms with Crippen molar-refractivity contribution < 1.29 is 19.1 Å². The van der Waals surface area contributed by atoms with Gasteiger partial charge < -0.3 is 9.47 Å². The Hall–Kier alpha value is -1.06. The monoisotopic (exact) mass is 328 g/mol. The van der Waals surface area contributed by atoms with Crippen molar-refractivity contribution in [1.29, 1.82) is 0 Å². The van der Waals surface area contributed by atoms with Gasteiger partial charge in [-0.1, -0.05) is 65.2 Å². The minimum Gasteiger partial charge on any atom is -0.465 e. The maximum Gasteiger partial charge on any atom is 0.317 e. The van der Waals surface area contributed by atoms with Gasteiger partial charge >= 0.3 is 11.9 Å². The van der Waals surface area contributed by atoms with Gasteiger partial charge in [-0.05, 0) is 26.2 Å². The molecule has 0 aromatic carbocycles. The van der Waals surface area contributed by atoms with Gasteiger partial charge in [-0.2, -0.15) is 0 Å². The lowest BCUT2D eigenvalue weighted by Crippen LogP contribution is -2.19. The van der Waals surface area contributed by atoms with Crippen LogP contribution < -0.4 is 0 Å². The van der Waals surface area contributed by atoms with Crippen LogP contribution in [-0.2, 0) is 19.1 Å². The Bertz CT molecular complexity index is 302. The first kappa shape index (κ1) is 21.9. The summed E-state index contributed by atoms with van der Waals surface area (Å²) in [6, 6.07) is 0. The largest absolute Gasteiger partial charge is 0.465 e. The highest BCUT2D eigenvalue weighted by molar-refractivity contribution is 5.91. The number of rotatable bonds is 15. The molecule has 0 fully saturated rings. The lowest BCUT2D eigenvalue weighted by Gasteiger charge is -2.12. The van der Waals surface area contributed by atoms with Crippen molar-refractivity contribution in [2.24, 2.45) is 0 Å². The molecule has 0 amide bonds. The summed E-state index contributed by atoms with van der Waals surface area (Å²) in [5.41, 5.74) is 0. The van der Waals surface area contributed by atoms with Crippen LogP contribution in [0.3, 0.4) is 0 Å². The molecule has 0 heterocycles. The van der Waals surface area contributed by atoms with E-state index in [0.717, 1.165) is 38.5 Å². The number of carbonyl (C=O) groups is 2. The number of hydrogen-bond acceptors (Lipinski definition) is 4. The lowest BCUT2D eigenvalue weighted by molar-refractivity contribution is -0.157. The SMILES string of the molecule is CCCCCCCCCOC(=O)CC(=O)OC(C)CCCCC. The Morgan fingerprint density at radius 1 is 0.783 bits per heavy atom. The van der Waals surface area contributed by atoms with Crippen LogP contribution in [0.5, 0.6) is 0 Å². The van der Waals surface area contributed by atoms with Crippen LogP contribution in [0.1, 0.15) is 97.8 Å². The van der Waals surface area contributed by atoms with Crippen molar-refractivity contribution >= 4 is 11.9 Å². The molecular formula is C19H36O4. The second-order valence-corrected chi connectivity index (χ2v) is 6.31. The lowest BCUT2D eigenvalue weighted by atomic mass is 10.1. The molecule has 0 radical (unpaired) electrons. The Balaban J connectivity index is 3.52. The molecule has 0 N–H and O–H groups in total. The molecule has 1 atom stereocenters. The first-order chi connectivity index (χ1) is 11.1. The third-order valence-corrected chi connectivity index (χ3v) is 3.85. The quantitative estimate of drug-likeness (QED) is 0.236. The third kappa shape index (κ3) is 15.6. The minimum absolute atomic E-state index is 0.120. The summed E-state index contributed by atoms with van der Waals surface area (Å²) >= 11 is 0. The summed E-state index contributed by atoms with van der Waals surface area (Å²) in [4.78, 5) is 23.2. The highest BCUT2D eigenvalue weighted by Crippen LogP contribution is 2.08. The molecule has 1 unspecified atom stereocenters. The van der Waals surface area contributed by atoms with Gasteiger partial charge in [0.25, 0.3) is 0 Å². The molecular weight excluding hydrogens is 292 g/mol. The van der Waals surface area contributed by atoms with Crippen molar-refractivity contribution in [2.75, 3.05) is 6.61 Å². The molecule has 136 valence electrons. The normalized spacial score (nSPS) is 12.0. The minimum atomic E-state index is -0.474. The molecule has 0 spiro atoms. The van der Waals surface area contributed by atoms with E-state index in [1.807, 2.05) is 6.92 Å². The fraction of sp³-hybridized carbons (Fsp3) is 0.895. The molecule has 0 saturated heterocycles. The summed E-state index contributed by atoms with van der Waals surface area (Å²) in [5.74, 6) is -0.944. The van der Waals surface area contributed by atoms with Gasteiger partial charge in [0.2, 0.25) is 0 Å². The number of esters is 2. The van der Waals surface area contributed by atoms with Crippen LogP contribution in [0.2, 0.25) is 0 Å². The summed E-state index contributed by atoms with van der Waals surface area (Å²) in [7, 11) is 0. The van der Waals surface area contributed by atoms with Gasteiger partial charge in [0.15, 0.2) is 0 Å². The molecule has 4 heteroatoms. The number of ether oxygens (including phenoxy) is 2. The van der Waals surface area contributed by atoms with E-state index in [9.17, 15) is 9.59 Å². The standard InChI is InChI=1S/C19H36O4/c1-4-6-8-9-10-11-13-15-22-18(20)16-19(21)23-17(3)14-12-7-5-2/h17H,4-16H2,1-3H3. The molecule has 0 saturated carbocycles. The summed E-state index contributed by atoms with van der Waals surface area (Å²) in [6.07, 6.45) is 12.0. The Kier molecular flexibility index (Phi) is 15.1. The van der Waals surface area contributed by atoms with Gasteiger partial charge in [-0.3, -0.25) is 9.59 Å². The van der Waals surface area contributed by atoms with Gasteiger partial charge in [0, 0.05) is 0 Å². The van der Waals surface area contributed by atoms with Crippen LogP contribution in [0, 0.1) is 0 Å². The summed E-state index contributed by atoms with van der Waals surface area (Å²) in [6.45, 7) is 6.62. The van der Waals surface area contributed by atoms with E-state index < -0.39 is 11.9 Å². The Morgan fingerprint density at radius 2 is 1.35 bits per heavy atom. The molecule has 0 aromatic heterocycles. The fourth-order valence-corrected chi connectivity index (χ4v) is 2.42. The first-order valence-corrected chi connectivity index (χ1v) is 9.45. The van der Waals surface area contributed by atoms with E-state index in [0.29, 0.717) is 6.61 Å². The van der Waals surface area contributed by atoms with Gasteiger partial charge in [-0.15, -0.1) is 0 Å². The van der Waals surface area contributed by atoms with Gasteiger partial charge in [0.1, 0.15) is 6.42 Å². The Morgan fingerprint density at radius 3 is 2.00 bits per heavy atom.